The van der Waals surface area contributed by atoms with Crippen LogP contribution in [0.1, 0.15) is 32.6 Å². The van der Waals surface area contributed by atoms with Gasteiger partial charge in [-0.05, 0) is 59.7 Å². The topological polar surface area (TPSA) is 59.1 Å². The minimum atomic E-state index is -4.37. The van der Waals surface area contributed by atoms with Gasteiger partial charge in [0.1, 0.15) is 0 Å². The highest BCUT2D eigenvalue weighted by Crippen LogP contribution is 2.30. The number of hydrogen-bond donors (Lipinski definition) is 1. The van der Waals surface area contributed by atoms with E-state index in [4.69, 9.17) is 0 Å². The van der Waals surface area contributed by atoms with E-state index in [1.165, 1.54) is 24.3 Å². The maximum atomic E-state index is 13.0. The van der Waals surface area contributed by atoms with Gasteiger partial charge in [-0.3, -0.25) is 14.6 Å². The molecule has 3 aromatic carbocycles. The first kappa shape index (κ1) is 32.3. The van der Waals surface area contributed by atoms with Crippen molar-refractivity contribution in [2.75, 3.05) is 57.7 Å². The summed E-state index contributed by atoms with van der Waals surface area (Å²) in [6.07, 6.45) is -8.73. The predicted octanol–water partition coefficient (Wildman–Crippen LogP) is 6.03. The summed E-state index contributed by atoms with van der Waals surface area (Å²) in [5, 5.41) is 2.85. The molecule has 7 nitrogen and oxygen atoms in total. The van der Waals surface area contributed by atoms with Gasteiger partial charge in [-0.25, -0.2) is 4.79 Å². The molecule has 2 fully saturated rings. The summed E-state index contributed by atoms with van der Waals surface area (Å²) in [4.78, 5) is 33.5. The Morgan fingerprint density at radius 1 is 0.556 bits per heavy atom. The Hall–Kier alpha value is -4.10. The van der Waals surface area contributed by atoms with Crippen molar-refractivity contribution in [3.63, 3.8) is 0 Å². The highest BCUT2D eigenvalue weighted by molar-refractivity contribution is 5.95. The van der Waals surface area contributed by atoms with Crippen LogP contribution in [0.4, 0.5) is 36.8 Å². The first-order chi connectivity index (χ1) is 21.3. The average molecular weight is 634 g/mol. The number of nitrogens with zero attached hydrogens (tertiary/aromatic N) is 4. The number of amides is 3. The van der Waals surface area contributed by atoms with Crippen LogP contribution in [0.15, 0.2) is 72.8 Å². The average Bonchev–Trinajstić information content (AvgIpc) is 3.01. The molecule has 2 aliphatic rings. The van der Waals surface area contributed by atoms with Crippen LogP contribution in [0.3, 0.4) is 0 Å². The zero-order valence-corrected chi connectivity index (χ0v) is 24.4. The van der Waals surface area contributed by atoms with E-state index in [0.29, 0.717) is 76.7 Å². The first-order valence-electron chi connectivity index (χ1n) is 14.6. The van der Waals surface area contributed by atoms with Crippen molar-refractivity contribution in [3.8, 4) is 0 Å². The van der Waals surface area contributed by atoms with Crippen LogP contribution in [0.5, 0.6) is 0 Å². The zero-order valence-electron chi connectivity index (χ0n) is 24.4. The summed E-state index contributed by atoms with van der Waals surface area (Å²) in [5.41, 5.74) is 1.23. The molecule has 0 radical (unpaired) electrons. The van der Waals surface area contributed by atoms with Crippen LogP contribution in [0, 0.1) is 0 Å². The quantitative estimate of drug-likeness (QED) is 0.337. The minimum absolute atomic E-state index is 0.133. The Labute approximate surface area is 257 Å². The fraction of sp³-hybridized carbons (Fsp3) is 0.375. The molecule has 0 aromatic heterocycles. The second kappa shape index (κ2) is 13.5. The lowest BCUT2D eigenvalue weighted by atomic mass is 10.1. The van der Waals surface area contributed by atoms with E-state index < -0.39 is 23.5 Å². The molecule has 2 heterocycles. The van der Waals surface area contributed by atoms with Crippen molar-refractivity contribution in [3.05, 3.63) is 101 Å². The maximum Gasteiger partial charge on any atom is 0.416 e. The number of hydrogen-bond acceptors (Lipinski definition) is 4. The lowest BCUT2D eigenvalue weighted by molar-refractivity contribution is -0.138. The van der Waals surface area contributed by atoms with Gasteiger partial charge in [-0.1, -0.05) is 24.3 Å². The van der Waals surface area contributed by atoms with Gasteiger partial charge in [0.15, 0.2) is 0 Å². The third kappa shape index (κ3) is 8.54. The van der Waals surface area contributed by atoms with Crippen LogP contribution in [0.25, 0.3) is 0 Å². The van der Waals surface area contributed by atoms with Crippen LogP contribution in [0.2, 0.25) is 0 Å². The predicted molar refractivity (Wildman–Crippen MR) is 156 cm³/mol. The number of halogens is 6. The molecule has 2 saturated heterocycles. The molecular weight excluding hydrogens is 600 g/mol. The highest BCUT2D eigenvalue weighted by atomic mass is 19.4. The number of anilines is 1. The van der Waals surface area contributed by atoms with E-state index in [-0.39, 0.29) is 11.9 Å². The van der Waals surface area contributed by atoms with Gasteiger partial charge in [0, 0.05) is 76.7 Å². The molecule has 3 amide bonds. The lowest BCUT2D eigenvalue weighted by Gasteiger charge is -2.35. The number of carbonyl (C=O) groups is 2. The van der Waals surface area contributed by atoms with Crippen molar-refractivity contribution in [2.24, 2.45) is 0 Å². The molecule has 3 aromatic rings. The fourth-order valence-corrected chi connectivity index (χ4v) is 5.41. The molecule has 0 unspecified atom stereocenters. The SMILES string of the molecule is O=C(Nc1ccc(C(=O)N2CCN(Cc3ccc(C(F)(F)F)cc3)CC2)cc1)N1CCN(Cc2ccc(C(F)(F)F)cc2)CC1. The van der Waals surface area contributed by atoms with Gasteiger partial charge in [-0.2, -0.15) is 26.3 Å². The van der Waals surface area contributed by atoms with Crippen LogP contribution in [-0.2, 0) is 25.4 Å². The Bertz CT molecular complexity index is 1440. The maximum absolute atomic E-state index is 13.0. The molecule has 0 bridgehead atoms. The number of alkyl halides is 6. The van der Waals surface area contributed by atoms with Gasteiger partial charge in [-0.15, -0.1) is 0 Å². The Morgan fingerprint density at radius 2 is 0.956 bits per heavy atom. The molecular formula is C32H33F6N5O2. The molecule has 2 aliphatic heterocycles. The van der Waals surface area contributed by atoms with Gasteiger partial charge < -0.3 is 15.1 Å². The zero-order chi connectivity index (χ0) is 32.2. The second-order valence-electron chi connectivity index (χ2n) is 11.2. The summed E-state index contributed by atoms with van der Waals surface area (Å²) in [6.45, 7) is 5.27. The fourth-order valence-electron chi connectivity index (χ4n) is 5.41. The van der Waals surface area contributed by atoms with E-state index in [2.05, 4.69) is 15.1 Å². The minimum Gasteiger partial charge on any atom is -0.336 e. The van der Waals surface area contributed by atoms with E-state index in [1.807, 2.05) is 0 Å². The number of benzene rings is 3. The molecule has 1 N–H and O–H groups in total. The van der Waals surface area contributed by atoms with E-state index in [0.717, 1.165) is 35.4 Å². The van der Waals surface area contributed by atoms with Crippen molar-refractivity contribution < 1.29 is 35.9 Å². The van der Waals surface area contributed by atoms with E-state index in [9.17, 15) is 35.9 Å². The number of rotatable bonds is 6. The summed E-state index contributed by atoms with van der Waals surface area (Å²) in [6, 6.07) is 16.6. The monoisotopic (exact) mass is 633 g/mol. The molecule has 0 atom stereocenters. The molecule has 0 aliphatic carbocycles. The van der Waals surface area contributed by atoms with Crippen molar-refractivity contribution >= 4 is 17.6 Å². The van der Waals surface area contributed by atoms with Gasteiger partial charge in [0.05, 0.1) is 11.1 Å². The third-order valence-electron chi connectivity index (χ3n) is 8.08. The highest BCUT2D eigenvalue weighted by Gasteiger charge is 2.31. The second-order valence-corrected chi connectivity index (χ2v) is 11.2. The van der Waals surface area contributed by atoms with Crippen LogP contribution < -0.4 is 5.32 Å². The number of carbonyl (C=O) groups excluding carboxylic acids is 2. The molecule has 240 valence electrons. The van der Waals surface area contributed by atoms with Crippen molar-refractivity contribution in [2.45, 2.75) is 25.4 Å². The normalized spacial score (nSPS) is 16.9. The largest absolute Gasteiger partial charge is 0.416 e. The summed E-state index contributed by atoms with van der Waals surface area (Å²) in [7, 11) is 0. The van der Waals surface area contributed by atoms with Crippen LogP contribution in [-0.4, -0.2) is 83.9 Å². The third-order valence-corrected chi connectivity index (χ3v) is 8.08. The Morgan fingerprint density at radius 3 is 1.36 bits per heavy atom. The standard InChI is InChI=1S/C32H33F6N5O2/c33-31(34,35)26-7-1-23(2-8-26)21-40-13-17-42(18-14-40)29(44)25-5-11-28(12-6-25)39-30(45)43-19-15-41(16-20-43)22-24-3-9-27(10-4-24)32(36,37)38/h1-12H,13-22H2,(H,39,45). The Kier molecular flexibility index (Phi) is 9.68. The van der Waals surface area contributed by atoms with E-state index in [1.54, 1.807) is 34.1 Å². The molecule has 5 rings (SSSR count). The number of piperazine rings is 2. The van der Waals surface area contributed by atoms with Crippen molar-refractivity contribution in [1.29, 1.82) is 0 Å². The number of nitrogens with one attached hydrogen (secondary N) is 1. The van der Waals surface area contributed by atoms with Crippen molar-refractivity contribution in [1.82, 2.24) is 19.6 Å². The summed E-state index contributed by atoms with van der Waals surface area (Å²) in [5.74, 6) is -0.133. The first-order valence-corrected chi connectivity index (χ1v) is 14.6. The molecule has 45 heavy (non-hydrogen) atoms. The summed E-state index contributed by atoms with van der Waals surface area (Å²) >= 11 is 0. The smallest absolute Gasteiger partial charge is 0.336 e. The van der Waals surface area contributed by atoms with Gasteiger partial charge in [0.2, 0.25) is 0 Å². The van der Waals surface area contributed by atoms with E-state index >= 15 is 0 Å². The molecule has 0 saturated carbocycles. The van der Waals surface area contributed by atoms with Crippen LogP contribution >= 0.6 is 0 Å². The molecule has 13 heteroatoms. The summed E-state index contributed by atoms with van der Waals surface area (Å²) < 4.78 is 76.8. The Balaban J connectivity index is 1.04. The lowest BCUT2D eigenvalue weighted by Crippen LogP contribution is -2.49. The van der Waals surface area contributed by atoms with Gasteiger partial charge in [0.25, 0.3) is 5.91 Å². The van der Waals surface area contributed by atoms with Gasteiger partial charge >= 0.3 is 18.4 Å². The number of urea groups is 1. The molecule has 0 spiro atoms.